The highest BCUT2D eigenvalue weighted by Gasteiger charge is 2.27. The van der Waals surface area contributed by atoms with Crippen molar-refractivity contribution >= 4 is 17.4 Å². The van der Waals surface area contributed by atoms with Gasteiger partial charge in [0.2, 0.25) is 0 Å². The lowest BCUT2D eigenvalue weighted by atomic mass is 10.0. The number of rotatable bonds is 9. The number of nitrogens with one attached hydrogen (secondary N) is 1. The fourth-order valence-electron chi connectivity index (χ4n) is 2.90. The van der Waals surface area contributed by atoms with E-state index in [4.69, 9.17) is 0 Å². The molecule has 10 heteroatoms. The molecule has 2 amide bonds. The standard InChI is InChI=1S/C20H23F2N3O5/c1-13(2)17(12-26)24(11-14-6-4-3-5-7-14)20(27)23-16-10-15(25(28)29)8-9-18(16)30-19(21)22/h3-10,13,17,19,26H,11-12H2,1-2H3,(H,23,27)/t17-/m1/s1. The van der Waals surface area contributed by atoms with Crippen LogP contribution in [0.5, 0.6) is 5.75 Å². The molecule has 2 aromatic rings. The number of amides is 2. The van der Waals surface area contributed by atoms with E-state index in [1.54, 1.807) is 24.3 Å². The van der Waals surface area contributed by atoms with Gasteiger partial charge in [0.1, 0.15) is 5.75 Å². The minimum atomic E-state index is -3.18. The third kappa shape index (κ3) is 6.11. The first kappa shape index (κ1) is 23.0. The largest absolute Gasteiger partial charge is 0.433 e. The van der Waals surface area contributed by atoms with Gasteiger partial charge in [-0.1, -0.05) is 44.2 Å². The Morgan fingerprint density at radius 2 is 1.90 bits per heavy atom. The summed E-state index contributed by atoms with van der Waals surface area (Å²) in [6, 6.07) is 10.6. The number of halogens is 2. The number of aliphatic hydroxyl groups is 1. The Morgan fingerprint density at radius 1 is 1.23 bits per heavy atom. The lowest BCUT2D eigenvalue weighted by Crippen LogP contribution is -2.47. The van der Waals surface area contributed by atoms with E-state index in [-0.39, 0.29) is 24.8 Å². The molecule has 0 unspecified atom stereocenters. The maximum atomic E-state index is 13.0. The molecule has 1 atom stereocenters. The van der Waals surface area contributed by atoms with Crippen LogP contribution in [0.2, 0.25) is 0 Å². The number of benzene rings is 2. The zero-order valence-corrected chi connectivity index (χ0v) is 16.5. The maximum absolute atomic E-state index is 13.0. The average Bonchev–Trinajstić information content (AvgIpc) is 2.69. The number of aliphatic hydroxyl groups excluding tert-OH is 1. The number of urea groups is 1. The molecule has 162 valence electrons. The van der Waals surface area contributed by atoms with Crippen LogP contribution in [0.25, 0.3) is 0 Å². The van der Waals surface area contributed by atoms with Crippen molar-refractivity contribution in [2.45, 2.75) is 33.0 Å². The molecule has 2 aromatic carbocycles. The topological polar surface area (TPSA) is 105 Å². The summed E-state index contributed by atoms with van der Waals surface area (Å²) in [5, 5.41) is 23.3. The van der Waals surface area contributed by atoms with E-state index in [9.17, 15) is 28.8 Å². The predicted molar refractivity (Wildman–Crippen MR) is 106 cm³/mol. The molecule has 0 aliphatic heterocycles. The van der Waals surface area contributed by atoms with Crippen molar-refractivity contribution in [3.05, 3.63) is 64.2 Å². The second-order valence-corrected chi connectivity index (χ2v) is 6.85. The predicted octanol–water partition coefficient (Wildman–Crippen LogP) is 4.25. The smallest absolute Gasteiger partial charge is 0.387 e. The molecular formula is C20H23F2N3O5. The van der Waals surface area contributed by atoms with Crippen LogP contribution in [-0.2, 0) is 6.54 Å². The van der Waals surface area contributed by atoms with Gasteiger partial charge in [-0.3, -0.25) is 10.1 Å². The summed E-state index contributed by atoms with van der Waals surface area (Å²) < 4.78 is 29.8. The molecule has 0 saturated carbocycles. The molecule has 0 saturated heterocycles. The third-order valence-electron chi connectivity index (χ3n) is 4.45. The van der Waals surface area contributed by atoms with Crippen molar-refractivity contribution in [3.8, 4) is 5.75 Å². The molecule has 0 fully saturated rings. The number of anilines is 1. The second kappa shape index (κ2) is 10.5. The molecule has 0 aromatic heterocycles. The Kier molecular flexibility index (Phi) is 8.05. The lowest BCUT2D eigenvalue weighted by molar-refractivity contribution is -0.384. The van der Waals surface area contributed by atoms with Gasteiger partial charge >= 0.3 is 12.6 Å². The number of nitrogens with zero attached hydrogens (tertiary/aromatic N) is 2. The van der Waals surface area contributed by atoms with E-state index in [0.29, 0.717) is 0 Å². The number of hydrogen-bond acceptors (Lipinski definition) is 5. The Hall–Kier alpha value is -3.27. The monoisotopic (exact) mass is 423 g/mol. The van der Waals surface area contributed by atoms with Crippen LogP contribution >= 0.6 is 0 Å². The minimum Gasteiger partial charge on any atom is -0.433 e. The van der Waals surface area contributed by atoms with Gasteiger partial charge in [-0.05, 0) is 17.5 Å². The average molecular weight is 423 g/mol. The molecule has 0 aliphatic rings. The van der Waals surface area contributed by atoms with Gasteiger partial charge in [0.25, 0.3) is 5.69 Å². The van der Waals surface area contributed by atoms with Gasteiger partial charge in [-0.2, -0.15) is 8.78 Å². The number of nitro benzene ring substituents is 1. The number of carbonyl (C=O) groups excluding carboxylic acids is 1. The summed E-state index contributed by atoms with van der Waals surface area (Å²) in [4.78, 5) is 24.7. The van der Waals surface area contributed by atoms with Gasteiger partial charge in [0, 0.05) is 18.7 Å². The summed E-state index contributed by atoms with van der Waals surface area (Å²) >= 11 is 0. The van der Waals surface area contributed by atoms with Crippen molar-refractivity contribution in [1.82, 2.24) is 4.90 Å². The molecule has 0 radical (unpaired) electrons. The van der Waals surface area contributed by atoms with Gasteiger partial charge < -0.3 is 20.1 Å². The highest BCUT2D eigenvalue weighted by atomic mass is 19.3. The number of alkyl halides is 2. The number of carbonyl (C=O) groups is 1. The van der Waals surface area contributed by atoms with E-state index >= 15 is 0 Å². The van der Waals surface area contributed by atoms with Gasteiger partial charge in [-0.25, -0.2) is 4.79 Å². The first-order valence-corrected chi connectivity index (χ1v) is 9.18. The van der Waals surface area contributed by atoms with Crippen molar-refractivity contribution in [3.63, 3.8) is 0 Å². The SMILES string of the molecule is CC(C)[C@@H](CO)N(Cc1ccccc1)C(=O)Nc1cc([N+](=O)[O-])ccc1OC(F)F. The quantitative estimate of drug-likeness (QED) is 0.463. The van der Waals surface area contributed by atoms with E-state index in [1.807, 2.05) is 19.9 Å². The van der Waals surface area contributed by atoms with Crippen LogP contribution in [0.1, 0.15) is 19.4 Å². The van der Waals surface area contributed by atoms with Crippen molar-refractivity contribution in [2.24, 2.45) is 5.92 Å². The molecule has 0 heterocycles. The molecular weight excluding hydrogens is 400 g/mol. The van der Waals surface area contributed by atoms with Gasteiger partial charge in [0.15, 0.2) is 0 Å². The summed E-state index contributed by atoms with van der Waals surface area (Å²) in [6.07, 6.45) is 0. The molecule has 30 heavy (non-hydrogen) atoms. The third-order valence-corrected chi connectivity index (χ3v) is 4.45. The van der Waals surface area contributed by atoms with Gasteiger partial charge in [-0.15, -0.1) is 0 Å². The Morgan fingerprint density at radius 3 is 2.43 bits per heavy atom. The zero-order chi connectivity index (χ0) is 22.3. The molecule has 0 spiro atoms. The van der Waals surface area contributed by atoms with Crippen LogP contribution in [0.15, 0.2) is 48.5 Å². The Bertz CT molecular complexity index is 865. The van der Waals surface area contributed by atoms with Crippen LogP contribution in [-0.4, -0.2) is 40.2 Å². The minimum absolute atomic E-state index is 0.119. The van der Waals surface area contributed by atoms with Crippen molar-refractivity contribution in [1.29, 1.82) is 0 Å². The normalized spacial score (nSPS) is 12.0. The zero-order valence-electron chi connectivity index (χ0n) is 16.5. The molecule has 0 bridgehead atoms. The number of nitro groups is 1. The van der Waals surface area contributed by atoms with Crippen molar-refractivity contribution in [2.75, 3.05) is 11.9 Å². The molecule has 8 nitrogen and oxygen atoms in total. The van der Waals surface area contributed by atoms with Crippen LogP contribution in [0.3, 0.4) is 0 Å². The Labute approximate surface area is 172 Å². The van der Waals surface area contributed by atoms with E-state index in [1.165, 1.54) is 4.90 Å². The number of ether oxygens (including phenoxy) is 1. The maximum Gasteiger partial charge on any atom is 0.387 e. The number of hydrogen-bond donors (Lipinski definition) is 2. The van der Waals surface area contributed by atoms with E-state index in [2.05, 4.69) is 10.1 Å². The summed E-state index contributed by atoms with van der Waals surface area (Å²) in [5.41, 5.74) is 0.118. The second-order valence-electron chi connectivity index (χ2n) is 6.85. The lowest BCUT2D eigenvalue weighted by Gasteiger charge is -2.33. The number of non-ortho nitro benzene ring substituents is 1. The summed E-state index contributed by atoms with van der Waals surface area (Å²) in [6.45, 7) is 0.280. The van der Waals surface area contributed by atoms with E-state index < -0.39 is 35.0 Å². The summed E-state index contributed by atoms with van der Waals surface area (Å²) in [5.74, 6) is -0.528. The first-order valence-electron chi connectivity index (χ1n) is 9.18. The molecule has 2 rings (SSSR count). The first-order chi connectivity index (χ1) is 14.2. The van der Waals surface area contributed by atoms with E-state index in [0.717, 1.165) is 23.8 Å². The van der Waals surface area contributed by atoms with Crippen LogP contribution in [0.4, 0.5) is 25.0 Å². The van der Waals surface area contributed by atoms with Crippen LogP contribution in [0, 0.1) is 16.0 Å². The van der Waals surface area contributed by atoms with Crippen LogP contribution < -0.4 is 10.1 Å². The van der Waals surface area contributed by atoms with Gasteiger partial charge in [0.05, 0.1) is 23.3 Å². The highest BCUT2D eigenvalue weighted by molar-refractivity contribution is 5.91. The molecule has 2 N–H and O–H groups in total. The fourth-order valence-corrected chi connectivity index (χ4v) is 2.90. The van der Waals surface area contributed by atoms with Crippen molar-refractivity contribution < 1.29 is 28.3 Å². The molecule has 0 aliphatic carbocycles. The summed E-state index contributed by atoms with van der Waals surface area (Å²) in [7, 11) is 0. The fraction of sp³-hybridized carbons (Fsp3) is 0.350. The Balaban J connectivity index is 2.37. The highest BCUT2D eigenvalue weighted by Crippen LogP contribution is 2.31.